The molecule has 7 nitrogen and oxygen atoms in total. The van der Waals surface area contributed by atoms with E-state index in [-0.39, 0.29) is 24.3 Å². The summed E-state index contributed by atoms with van der Waals surface area (Å²) < 4.78 is 13.7. The SMILES string of the molecule is Cc1cc(C2=NN(CC(=O)N3CCN(c4ncccn4)CC3)C(CC(C)C)C2)ccc1F. The lowest BCUT2D eigenvalue weighted by atomic mass is 9.96. The average molecular weight is 439 g/mol. The molecule has 0 aliphatic carbocycles. The summed E-state index contributed by atoms with van der Waals surface area (Å²) in [6.07, 6.45) is 5.20. The molecule has 2 aliphatic heterocycles. The van der Waals surface area contributed by atoms with Crippen molar-refractivity contribution in [3.63, 3.8) is 0 Å². The van der Waals surface area contributed by atoms with Crippen LogP contribution < -0.4 is 4.90 Å². The first kappa shape index (κ1) is 22.2. The van der Waals surface area contributed by atoms with Crippen molar-refractivity contribution in [2.45, 2.75) is 39.7 Å². The number of rotatable bonds is 6. The molecule has 3 heterocycles. The third-order valence-electron chi connectivity index (χ3n) is 6.10. The molecule has 2 aliphatic rings. The minimum atomic E-state index is -0.210. The van der Waals surface area contributed by atoms with Gasteiger partial charge < -0.3 is 9.80 Å². The maximum absolute atomic E-state index is 13.7. The Balaban J connectivity index is 1.41. The van der Waals surface area contributed by atoms with E-state index in [1.807, 2.05) is 16.0 Å². The Morgan fingerprint density at radius 2 is 1.88 bits per heavy atom. The van der Waals surface area contributed by atoms with Crippen LogP contribution in [-0.4, -0.2) is 70.3 Å². The lowest BCUT2D eigenvalue weighted by Crippen LogP contribution is -2.51. The van der Waals surface area contributed by atoms with Gasteiger partial charge in [0.15, 0.2) is 0 Å². The minimum Gasteiger partial charge on any atom is -0.338 e. The summed E-state index contributed by atoms with van der Waals surface area (Å²) in [6.45, 7) is 9.13. The second kappa shape index (κ2) is 9.63. The van der Waals surface area contributed by atoms with Crippen LogP contribution in [0.2, 0.25) is 0 Å². The van der Waals surface area contributed by atoms with E-state index >= 15 is 0 Å². The summed E-state index contributed by atoms with van der Waals surface area (Å²) in [6, 6.07) is 7.10. The average Bonchev–Trinajstić information content (AvgIpc) is 3.17. The number of amides is 1. The fourth-order valence-electron chi connectivity index (χ4n) is 4.37. The Bertz CT molecular complexity index is 972. The van der Waals surface area contributed by atoms with Crippen LogP contribution in [0.25, 0.3) is 0 Å². The molecule has 1 fully saturated rings. The largest absolute Gasteiger partial charge is 0.338 e. The first-order valence-corrected chi connectivity index (χ1v) is 11.3. The Morgan fingerprint density at radius 3 is 2.53 bits per heavy atom. The third-order valence-corrected chi connectivity index (χ3v) is 6.10. The molecule has 0 saturated carbocycles. The maximum Gasteiger partial charge on any atom is 0.243 e. The van der Waals surface area contributed by atoms with Gasteiger partial charge >= 0.3 is 0 Å². The topological polar surface area (TPSA) is 64.9 Å². The molecule has 0 spiro atoms. The van der Waals surface area contributed by atoms with Crippen molar-refractivity contribution in [1.29, 1.82) is 0 Å². The number of aromatic nitrogens is 2. The second-order valence-electron chi connectivity index (χ2n) is 9.01. The van der Waals surface area contributed by atoms with Gasteiger partial charge in [-0.05, 0) is 48.6 Å². The minimum absolute atomic E-state index is 0.0904. The number of piperazine rings is 1. The number of halogens is 1. The van der Waals surface area contributed by atoms with E-state index in [0.29, 0.717) is 43.6 Å². The number of nitrogens with zero attached hydrogens (tertiary/aromatic N) is 6. The first-order valence-electron chi connectivity index (χ1n) is 11.3. The summed E-state index contributed by atoms with van der Waals surface area (Å²) in [5, 5.41) is 6.76. The predicted molar refractivity (Wildman–Crippen MR) is 123 cm³/mol. The van der Waals surface area contributed by atoms with Crippen LogP contribution in [0, 0.1) is 18.7 Å². The standard InChI is InChI=1S/C24H31FN6O/c1-17(2)13-20-15-22(19-5-6-21(25)18(3)14-19)28-31(20)16-23(32)29-9-11-30(12-10-29)24-26-7-4-8-27-24/h4-8,14,17,20H,9-13,15-16H2,1-3H3. The van der Waals surface area contributed by atoms with Gasteiger partial charge in [-0.3, -0.25) is 9.80 Å². The van der Waals surface area contributed by atoms with E-state index in [1.54, 1.807) is 31.5 Å². The third kappa shape index (κ3) is 5.06. The summed E-state index contributed by atoms with van der Waals surface area (Å²) in [5.74, 6) is 1.09. The monoisotopic (exact) mass is 438 g/mol. The quantitative estimate of drug-likeness (QED) is 0.694. The number of benzene rings is 1. The van der Waals surface area contributed by atoms with Gasteiger partial charge in [-0.25, -0.2) is 14.4 Å². The van der Waals surface area contributed by atoms with E-state index < -0.39 is 0 Å². The Morgan fingerprint density at radius 1 is 1.16 bits per heavy atom. The molecule has 0 N–H and O–H groups in total. The van der Waals surface area contributed by atoms with Crippen LogP contribution in [0.1, 0.15) is 37.8 Å². The molecule has 1 saturated heterocycles. The first-order chi connectivity index (χ1) is 15.4. The fourth-order valence-corrected chi connectivity index (χ4v) is 4.37. The smallest absolute Gasteiger partial charge is 0.243 e. The number of hydrogen-bond acceptors (Lipinski definition) is 6. The van der Waals surface area contributed by atoms with Crippen LogP contribution in [0.15, 0.2) is 41.8 Å². The predicted octanol–water partition coefficient (Wildman–Crippen LogP) is 3.10. The summed E-state index contributed by atoms with van der Waals surface area (Å²) >= 11 is 0. The molecule has 8 heteroatoms. The number of carbonyl (C=O) groups excluding carboxylic acids is 1. The molecular formula is C24H31FN6O. The van der Waals surface area contributed by atoms with E-state index in [4.69, 9.17) is 5.10 Å². The van der Waals surface area contributed by atoms with E-state index in [0.717, 1.165) is 24.1 Å². The lowest BCUT2D eigenvalue weighted by Gasteiger charge is -2.35. The van der Waals surface area contributed by atoms with Crippen molar-refractivity contribution in [1.82, 2.24) is 19.9 Å². The van der Waals surface area contributed by atoms with Gasteiger partial charge in [0.25, 0.3) is 0 Å². The zero-order chi connectivity index (χ0) is 22.7. The van der Waals surface area contributed by atoms with Crippen molar-refractivity contribution in [3.05, 3.63) is 53.6 Å². The number of hydrogen-bond donors (Lipinski definition) is 0. The van der Waals surface area contributed by atoms with Crippen LogP contribution >= 0.6 is 0 Å². The van der Waals surface area contributed by atoms with Crippen molar-refractivity contribution in [2.24, 2.45) is 11.0 Å². The van der Waals surface area contributed by atoms with Gasteiger partial charge in [0.2, 0.25) is 11.9 Å². The van der Waals surface area contributed by atoms with Crippen LogP contribution in [0.5, 0.6) is 0 Å². The molecule has 4 rings (SSSR count). The highest BCUT2D eigenvalue weighted by molar-refractivity contribution is 6.02. The number of carbonyl (C=O) groups is 1. The molecule has 0 radical (unpaired) electrons. The van der Waals surface area contributed by atoms with E-state index in [1.165, 1.54) is 6.07 Å². The molecule has 170 valence electrons. The van der Waals surface area contributed by atoms with Crippen LogP contribution in [0.3, 0.4) is 0 Å². The summed E-state index contributed by atoms with van der Waals surface area (Å²) in [4.78, 5) is 25.7. The Labute approximate surface area is 188 Å². The maximum atomic E-state index is 13.7. The Kier molecular flexibility index (Phi) is 6.67. The molecule has 32 heavy (non-hydrogen) atoms. The molecule has 1 amide bonds. The van der Waals surface area contributed by atoms with Crippen LogP contribution in [-0.2, 0) is 4.79 Å². The molecule has 2 aromatic rings. The lowest BCUT2D eigenvalue weighted by molar-refractivity contribution is -0.133. The zero-order valence-electron chi connectivity index (χ0n) is 19.0. The number of aryl methyl sites for hydroxylation is 1. The fraction of sp³-hybridized carbons (Fsp3) is 0.500. The van der Waals surface area contributed by atoms with Gasteiger partial charge in [-0.2, -0.15) is 5.10 Å². The van der Waals surface area contributed by atoms with E-state index in [9.17, 15) is 9.18 Å². The molecule has 0 bridgehead atoms. The Hall–Kier alpha value is -3.03. The van der Waals surface area contributed by atoms with Gasteiger partial charge in [0.05, 0.1) is 11.8 Å². The van der Waals surface area contributed by atoms with Crippen molar-refractivity contribution < 1.29 is 9.18 Å². The molecule has 1 unspecified atom stereocenters. The number of hydrazone groups is 1. The van der Waals surface area contributed by atoms with Gasteiger partial charge in [0, 0.05) is 45.0 Å². The van der Waals surface area contributed by atoms with Gasteiger partial charge in [-0.1, -0.05) is 19.9 Å². The summed E-state index contributed by atoms with van der Waals surface area (Å²) in [7, 11) is 0. The van der Waals surface area contributed by atoms with Gasteiger partial charge in [-0.15, -0.1) is 0 Å². The second-order valence-corrected chi connectivity index (χ2v) is 9.01. The highest BCUT2D eigenvalue weighted by atomic mass is 19.1. The molecular weight excluding hydrogens is 407 g/mol. The highest BCUT2D eigenvalue weighted by Crippen LogP contribution is 2.26. The molecule has 1 aromatic heterocycles. The van der Waals surface area contributed by atoms with E-state index in [2.05, 4.69) is 28.7 Å². The van der Waals surface area contributed by atoms with Crippen molar-refractivity contribution in [3.8, 4) is 0 Å². The molecule has 1 atom stereocenters. The highest BCUT2D eigenvalue weighted by Gasteiger charge is 2.31. The zero-order valence-corrected chi connectivity index (χ0v) is 19.0. The van der Waals surface area contributed by atoms with Crippen molar-refractivity contribution in [2.75, 3.05) is 37.6 Å². The van der Waals surface area contributed by atoms with Crippen molar-refractivity contribution >= 4 is 17.6 Å². The van der Waals surface area contributed by atoms with Crippen LogP contribution in [0.4, 0.5) is 10.3 Å². The number of anilines is 1. The summed E-state index contributed by atoms with van der Waals surface area (Å²) in [5.41, 5.74) is 2.47. The normalized spacial score (nSPS) is 19.0. The molecule has 1 aromatic carbocycles. The van der Waals surface area contributed by atoms with Gasteiger partial charge in [0.1, 0.15) is 12.4 Å².